The van der Waals surface area contributed by atoms with Crippen molar-refractivity contribution < 1.29 is 17.6 Å². The molecule has 1 aromatic heterocycles. The van der Waals surface area contributed by atoms with Crippen LogP contribution in [0.3, 0.4) is 0 Å². The summed E-state index contributed by atoms with van der Waals surface area (Å²) in [5.41, 5.74) is 4.91. The second-order valence-electron chi connectivity index (χ2n) is 8.66. The number of carbonyl (C=O) groups excluding carboxylic acids is 1. The number of halogens is 1. The molecule has 0 atom stereocenters. The zero-order chi connectivity index (χ0) is 25.4. The molecule has 0 aliphatic heterocycles. The van der Waals surface area contributed by atoms with Crippen molar-refractivity contribution in [3.05, 3.63) is 105 Å². The summed E-state index contributed by atoms with van der Waals surface area (Å²) in [4.78, 5) is 12.9. The van der Waals surface area contributed by atoms with Crippen LogP contribution in [0.5, 0.6) is 0 Å². The summed E-state index contributed by atoms with van der Waals surface area (Å²) in [6, 6.07) is 26.0. The van der Waals surface area contributed by atoms with Crippen LogP contribution in [-0.2, 0) is 16.6 Å². The van der Waals surface area contributed by atoms with E-state index in [0.717, 1.165) is 31.1 Å². The Morgan fingerprint density at radius 2 is 1.64 bits per heavy atom. The maximum Gasteiger partial charge on any atom is 0.255 e. The predicted octanol–water partition coefficient (Wildman–Crippen LogP) is 6.72. The first-order valence-corrected chi connectivity index (χ1v) is 14.2. The third-order valence-corrected chi connectivity index (χ3v) is 7.80. The highest BCUT2D eigenvalue weighted by molar-refractivity contribution is 14.1. The van der Waals surface area contributed by atoms with Crippen molar-refractivity contribution in [1.29, 1.82) is 0 Å². The Morgan fingerprint density at radius 1 is 0.917 bits per heavy atom. The molecule has 36 heavy (non-hydrogen) atoms. The van der Waals surface area contributed by atoms with Gasteiger partial charge >= 0.3 is 0 Å². The number of amides is 1. The lowest BCUT2D eigenvalue weighted by atomic mass is 10.1. The molecule has 0 aliphatic rings. The average molecular weight is 610 g/mol. The smallest absolute Gasteiger partial charge is 0.255 e. The number of anilines is 2. The maximum absolute atomic E-state index is 12.9. The van der Waals surface area contributed by atoms with Crippen molar-refractivity contribution >= 4 is 71.8 Å². The lowest BCUT2D eigenvalue weighted by molar-refractivity contribution is 0.102. The van der Waals surface area contributed by atoms with Crippen molar-refractivity contribution in [1.82, 2.24) is 0 Å². The van der Waals surface area contributed by atoms with Crippen molar-refractivity contribution in [3.8, 4) is 0 Å². The fourth-order valence-corrected chi connectivity index (χ4v) is 5.81. The van der Waals surface area contributed by atoms with Gasteiger partial charge in [0.15, 0.2) is 0 Å². The van der Waals surface area contributed by atoms with Crippen LogP contribution in [0.1, 0.15) is 21.5 Å². The van der Waals surface area contributed by atoms with Crippen LogP contribution in [0, 0.1) is 10.5 Å². The topological polar surface area (TPSA) is 79.6 Å². The third-order valence-electron chi connectivity index (χ3n) is 6.01. The van der Waals surface area contributed by atoms with Gasteiger partial charge in [-0.1, -0.05) is 30.3 Å². The van der Waals surface area contributed by atoms with Gasteiger partial charge in [0.05, 0.1) is 18.5 Å². The van der Waals surface area contributed by atoms with E-state index in [1.807, 2.05) is 67.6 Å². The quantitative estimate of drug-likeness (QED) is 0.217. The van der Waals surface area contributed by atoms with Gasteiger partial charge < -0.3 is 9.73 Å². The third kappa shape index (κ3) is 4.96. The summed E-state index contributed by atoms with van der Waals surface area (Å²) < 4.78 is 33.4. The van der Waals surface area contributed by atoms with Crippen LogP contribution in [0.4, 0.5) is 11.4 Å². The number of carbonyl (C=O) groups is 1. The van der Waals surface area contributed by atoms with Crippen LogP contribution in [-0.4, -0.2) is 20.6 Å². The summed E-state index contributed by atoms with van der Waals surface area (Å²) in [7, 11) is -3.50. The maximum atomic E-state index is 12.9. The normalized spacial score (nSPS) is 11.6. The Bertz CT molecular complexity index is 1710. The van der Waals surface area contributed by atoms with Gasteiger partial charge in [-0.05, 0) is 89.2 Å². The molecule has 0 aliphatic carbocycles. The number of hydrogen-bond acceptors (Lipinski definition) is 4. The molecule has 0 fully saturated rings. The Hall–Kier alpha value is -3.37. The van der Waals surface area contributed by atoms with Crippen LogP contribution >= 0.6 is 22.6 Å². The molecule has 5 rings (SSSR count). The van der Waals surface area contributed by atoms with Crippen molar-refractivity contribution in [2.24, 2.45) is 0 Å². The first kappa shape index (κ1) is 24.3. The summed E-state index contributed by atoms with van der Waals surface area (Å²) in [6.07, 6.45) is 1.20. The van der Waals surface area contributed by atoms with Gasteiger partial charge in [-0.2, -0.15) is 0 Å². The largest absolute Gasteiger partial charge is 0.456 e. The number of sulfonamides is 1. The first-order valence-electron chi connectivity index (χ1n) is 11.2. The second-order valence-corrected chi connectivity index (χ2v) is 11.8. The number of furan rings is 1. The molecule has 0 unspecified atom stereocenters. The summed E-state index contributed by atoms with van der Waals surface area (Å²) in [5.74, 6) is -0.259. The zero-order valence-corrected chi connectivity index (χ0v) is 22.6. The number of nitrogens with zero attached hydrogens (tertiary/aromatic N) is 1. The van der Waals surface area contributed by atoms with Gasteiger partial charge in [0.1, 0.15) is 11.2 Å². The van der Waals surface area contributed by atoms with E-state index in [9.17, 15) is 13.2 Å². The molecule has 0 bridgehead atoms. The molecule has 4 aromatic carbocycles. The number of hydrogen-bond donors (Lipinski definition) is 1. The molecule has 0 saturated carbocycles. The van der Waals surface area contributed by atoms with Gasteiger partial charge in [0.25, 0.3) is 5.91 Å². The number of rotatable bonds is 6. The first-order chi connectivity index (χ1) is 17.2. The highest BCUT2D eigenvalue weighted by atomic mass is 127. The van der Waals surface area contributed by atoms with Crippen molar-refractivity contribution in [2.45, 2.75) is 13.5 Å². The fourth-order valence-electron chi connectivity index (χ4n) is 4.21. The van der Waals surface area contributed by atoms with Crippen LogP contribution in [0.25, 0.3) is 21.9 Å². The highest BCUT2D eigenvalue weighted by Crippen LogP contribution is 2.30. The zero-order valence-electron chi connectivity index (χ0n) is 19.7. The lowest BCUT2D eigenvalue weighted by Gasteiger charge is -2.24. The average Bonchev–Trinajstić information content (AvgIpc) is 3.20. The van der Waals surface area contributed by atoms with E-state index >= 15 is 0 Å². The van der Waals surface area contributed by atoms with Gasteiger partial charge in [-0.15, -0.1) is 0 Å². The SMILES string of the molecule is Cc1cc(I)ccc1N(Cc1ccc(C(=O)Nc2ccc3c(c2)oc2ccccc23)cc1)S(C)(=O)=O. The Balaban J connectivity index is 1.34. The number of aryl methyl sites for hydroxylation is 1. The van der Waals surface area contributed by atoms with E-state index < -0.39 is 10.0 Å². The number of para-hydroxylation sites is 1. The van der Waals surface area contributed by atoms with Gasteiger partial charge in [0, 0.05) is 31.7 Å². The standard InChI is InChI=1S/C28H23IN2O4S/c1-18-15-21(29)11-14-25(18)31(36(2,33)34)17-19-7-9-20(10-8-19)28(32)30-22-12-13-24-23-5-3-4-6-26(23)35-27(24)16-22/h3-16H,17H2,1-2H3,(H,30,32). The molecule has 8 heteroatoms. The number of nitrogens with one attached hydrogen (secondary N) is 1. The number of fused-ring (bicyclic) bond motifs is 3. The molecular weight excluding hydrogens is 587 g/mol. The summed E-state index contributed by atoms with van der Waals surface area (Å²) in [5, 5.41) is 4.94. The number of benzene rings is 4. The van der Waals surface area contributed by atoms with Crippen molar-refractivity contribution in [3.63, 3.8) is 0 Å². The van der Waals surface area contributed by atoms with E-state index in [1.54, 1.807) is 24.3 Å². The molecule has 182 valence electrons. The predicted molar refractivity (Wildman–Crippen MR) is 153 cm³/mol. The molecule has 1 amide bonds. The molecule has 0 spiro atoms. The Kier molecular flexibility index (Phi) is 6.48. The van der Waals surface area contributed by atoms with Crippen LogP contribution in [0.2, 0.25) is 0 Å². The van der Waals surface area contributed by atoms with E-state index in [1.165, 1.54) is 10.6 Å². The second kappa shape index (κ2) is 9.59. The highest BCUT2D eigenvalue weighted by Gasteiger charge is 2.20. The molecule has 1 N–H and O–H groups in total. The van der Waals surface area contributed by atoms with Crippen LogP contribution < -0.4 is 9.62 Å². The minimum atomic E-state index is -3.50. The van der Waals surface area contributed by atoms with E-state index in [0.29, 0.717) is 22.5 Å². The Labute approximate surface area is 223 Å². The lowest BCUT2D eigenvalue weighted by Crippen LogP contribution is -2.30. The molecule has 0 saturated heterocycles. The monoisotopic (exact) mass is 610 g/mol. The van der Waals surface area contributed by atoms with E-state index in [4.69, 9.17) is 4.42 Å². The van der Waals surface area contributed by atoms with Crippen molar-refractivity contribution in [2.75, 3.05) is 15.9 Å². The minimum Gasteiger partial charge on any atom is -0.456 e. The molecule has 5 aromatic rings. The van der Waals surface area contributed by atoms with Gasteiger partial charge in [-0.25, -0.2) is 8.42 Å². The molecular formula is C28H23IN2O4S. The van der Waals surface area contributed by atoms with E-state index in [-0.39, 0.29) is 12.5 Å². The molecule has 6 nitrogen and oxygen atoms in total. The summed E-state index contributed by atoms with van der Waals surface area (Å²) >= 11 is 2.20. The molecule has 1 heterocycles. The molecule has 0 radical (unpaired) electrons. The van der Waals surface area contributed by atoms with Gasteiger partial charge in [-0.3, -0.25) is 9.10 Å². The Morgan fingerprint density at radius 3 is 2.36 bits per heavy atom. The van der Waals surface area contributed by atoms with Gasteiger partial charge in [0.2, 0.25) is 10.0 Å². The fraction of sp³-hybridized carbons (Fsp3) is 0.107. The minimum absolute atomic E-state index is 0.172. The van der Waals surface area contributed by atoms with E-state index in [2.05, 4.69) is 27.9 Å². The summed E-state index contributed by atoms with van der Waals surface area (Å²) in [6.45, 7) is 2.07. The van der Waals surface area contributed by atoms with Crippen LogP contribution in [0.15, 0.2) is 89.3 Å².